The van der Waals surface area contributed by atoms with Gasteiger partial charge in [0, 0.05) is 23.1 Å². The van der Waals surface area contributed by atoms with Crippen molar-refractivity contribution in [2.75, 3.05) is 12.9 Å². The van der Waals surface area contributed by atoms with Crippen LogP contribution in [0.15, 0.2) is 23.1 Å². The monoisotopic (exact) mass is 312 g/mol. The van der Waals surface area contributed by atoms with Crippen molar-refractivity contribution in [3.8, 4) is 0 Å². The number of aliphatic hydroxyl groups excluding tert-OH is 1. The average molecular weight is 312 g/mol. The van der Waals surface area contributed by atoms with E-state index in [1.807, 2.05) is 20.1 Å². The van der Waals surface area contributed by atoms with Crippen LogP contribution in [0.25, 0.3) is 0 Å². The van der Waals surface area contributed by atoms with Gasteiger partial charge in [-0.15, -0.1) is 11.8 Å². The minimum absolute atomic E-state index is 0.0458. The Balaban J connectivity index is 3.13. The molecule has 0 bridgehead atoms. The molecule has 7 heteroatoms. The number of rotatable bonds is 7. The van der Waals surface area contributed by atoms with Crippen molar-refractivity contribution >= 4 is 23.4 Å². The number of amides is 1. The number of nitro groups is 1. The highest BCUT2D eigenvalue weighted by Gasteiger charge is 2.28. The largest absolute Gasteiger partial charge is 0.396 e. The van der Waals surface area contributed by atoms with Crippen LogP contribution >= 0.6 is 11.8 Å². The van der Waals surface area contributed by atoms with Gasteiger partial charge in [0.05, 0.1) is 4.92 Å². The number of nitro benzene ring substituents is 1. The summed E-state index contributed by atoms with van der Waals surface area (Å²) in [7, 11) is 0. The van der Waals surface area contributed by atoms with Crippen molar-refractivity contribution in [2.24, 2.45) is 0 Å². The Kier molecular flexibility index (Phi) is 6.17. The summed E-state index contributed by atoms with van der Waals surface area (Å²) in [5.41, 5.74) is -0.757. The van der Waals surface area contributed by atoms with Gasteiger partial charge in [0.1, 0.15) is 5.56 Å². The minimum Gasteiger partial charge on any atom is -0.396 e. The zero-order valence-electron chi connectivity index (χ0n) is 12.4. The van der Waals surface area contributed by atoms with Crippen molar-refractivity contribution in [3.63, 3.8) is 0 Å². The summed E-state index contributed by atoms with van der Waals surface area (Å²) in [5.74, 6) is -0.490. The molecule has 1 aromatic carbocycles. The van der Waals surface area contributed by atoms with Crippen LogP contribution in [0.1, 0.15) is 37.0 Å². The topological polar surface area (TPSA) is 92.5 Å². The second-order valence-electron chi connectivity index (χ2n) is 4.98. The Hall–Kier alpha value is -1.60. The van der Waals surface area contributed by atoms with Gasteiger partial charge in [0.2, 0.25) is 0 Å². The van der Waals surface area contributed by atoms with E-state index in [0.717, 1.165) is 4.90 Å². The smallest absolute Gasteiger partial charge is 0.282 e. The van der Waals surface area contributed by atoms with Crippen LogP contribution in [0.5, 0.6) is 0 Å². The van der Waals surface area contributed by atoms with E-state index in [4.69, 9.17) is 5.11 Å². The fourth-order valence-electron chi connectivity index (χ4n) is 1.90. The van der Waals surface area contributed by atoms with Gasteiger partial charge in [-0.25, -0.2) is 0 Å². The summed E-state index contributed by atoms with van der Waals surface area (Å²) in [5, 5.41) is 22.9. The lowest BCUT2D eigenvalue weighted by Gasteiger charge is -2.29. The highest BCUT2D eigenvalue weighted by molar-refractivity contribution is 7.98. The highest BCUT2D eigenvalue weighted by Crippen LogP contribution is 2.26. The maximum atomic E-state index is 12.4. The minimum atomic E-state index is -0.588. The lowest BCUT2D eigenvalue weighted by molar-refractivity contribution is -0.385. The summed E-state index contributed by atoms with van der Waals surface area (Å²) >= 11 is 1.41. The van der Waals surface area contributed by atoms with Gasteiger partial charge in [0.25, 0.3) is 11.6 Å². The van der Waals surface area contributed by atoms with Crippen LogP contribution in [0.2, 0.25) is 0 Å². The molecular formula is C14H20N2O4S. The number of hydrogen-bond acceptors (Lipinski definition) is 5. The highest BCUT2D eigenvalue weighted by atomic mass is 32.2. The number of carbonyl (C=O) groups excluding carboxylic acids is 1. The molecule has 0 saturated carbocycles. The third-order valence-corrected chi connectivity index (χ3v) is 4.23. The third kappa shape index (κ3) is 4.44. The maximum Gasteiger partial charge on any atom is 0.282 e. The zero-order valence-corrected chi connectivity index (χ0v) is 13.2. The van der Waals surface area contributed by atoms with Gasteiger partial charge in [-0.3, -0.25) is 14.9 Å². The normalized spacial score (nSPS) is 13.5. The molecule has 0 fully saturated rings. The second kappa shape index (κ2) is 7.42. The molecule has 1 aromatic rings. The Bertz CT molecular complexity index is 536. The molecule has 0 aliphatic heterocycles. The van der Waals surface area contributed by atoms with E-state index in [2.05, 4.69) is 5.32 Å². The van der Waals surface area contributed by atoms with Gasteiger partial charge in [-0.2, -0.15) is 0 Å². The van der Waals surface area contributed by atoms with E-state index >= 15 is 0 Å². The Labute approximate surface area is 128 Å². The van der Waals surface area contributed by atoms with Crippen LogP contribution in [-0.2, 0) is 0 Å². The molecule has 0 saturated heterocycles. The molecule has 6 nitrogen and oxygen atoms in total. The van der Waals surface area contributed by atoms with Crippen LogP contribution in [0.3, 0.4) is 0 Å². The lowest BCUT2D eigenvalue weighted by Crippen LogP contribution is -2.46. The van der Waals surface area contributed by atoms with E-state index < -0.39 is 16.4 Å². The number of benzene rings is 1. The molecule has 21 heavy (non-hydrogen) atoms. The number of nitrogens with one attached hydrogen (secondary N) is 1. The van der Waals surface area contributed by atoms with Crippen LogP contribution in [0.4, 0.5) is 5.69 Å². The third-order valence-electron chi connectivity index (χ3n) is 3.50. The van der Waals surface area contributed by atoms with Crippen molar-refractivity contribution in [1.29, 1.82) is 0 Å². The predicted octanol–water partition coefficient (Wildman–Crippen LogP) is 2.60. The van der Waals surface area contributed by atoms with Crippen molar-refractivity contribution in [2.45, 2.75) is 37.1 Å². The van der Waals surface area contributed by atoms with Gasteiger partial charge >= 0.3 is 0 Å². The molecule has 1 rings (SSSR count). The first-order valence-corrected chi connectivity index (χ1v) is 7.85. The van der Waals surface area contributed by atoms with E-state index in [-0.39, 0.29) is 17.9 Å². The van der Waals surface area contributed by atoms with E-state index in [1.54, 1.807) is 6.07 Å². The second-order valence-corrected chi connectivity index (χ2v) is 5.86. The fourth-order valence-corrected chi connectivity index (χ4v) is 2.34. The summed E-state index contributed by atoms with van der Waals surface area (Å²) in [6, 6.07) is 4.48. The number of nitrogens with zero attached hydrogens (tertiary/aromatic N) is 1. The molecule has 0 aliphatic carbocycles. The van der Waals surface area contributed by atoms with E-state index in [0.29, 0.717) is 12.8 Å². The Morgan fingerprint density at radius 3 is 2.67 bits per heavy atom. The van der Waals surface area contributed by atoms with Gasteiger partial charge < -0.3 is 10.4 Å². The molecule has 1 unspecified atom stereocenters. The molecule has 1 amide bonds. The SMILES string of the molecule is CCC(C)(CCO)NC(=O)c1cc(SC)ccc1[N+](=O)[O-]. The lowest BCUT2D eigenvalue weighted by atomic mass is 9.94. The van der Waals surface area contributed by atoms with E-state index in [1.165, 1.54) is 23.9 Å². The first-order valence-electron chi connectivity index (χ1n) is 6.62. The molecule has 0 radical (unpaired) electrons. The number of aliphatic hydroxyl groups is 1. The number of carbonyl (C=O) groups is 1. The van der Waals surface area contributed by atoms with E-state index in [9.17, 15) is 14.9 Å². The summed E-state index contributed by atoms with van der Waals surface area (Å²) < 4.78 is 0. The van der Waals surface area contributed by atoms with Crippen LogP contribution < -0.4 is 5.32 Å². The van der Waals surface area contributed by atoms with Crippen molar-refractivity contribution in [1.82, 2.24) is 5.32 Å². The molecule has 116 valence electrons. The number of hydrogen-bond donors (Lipinski definition) is 2. The Morgan fingerprint density at radius 1 is 1.52 bits per heavy atom. The summed E-state index contributed by atoms with van der Waals surface area (Å²) in [6.45, 7) is 3.64. The van der Waals surface area contributed by atoms with Crippen LogP contribution in [-0.4, -0.2) is 34.3 Å². The number of thioether (sulfide) groups is 1. The van der Waals surface area contributed by atoms with Gasteiger partial charge in [0.15, 0.2) is 0 Å². The molecule has 2 N–H and O–H groups in total. The molecule has 0 heterocycles. The Morgan fingerprint density at radius 2 is 2.19 bits per heavy atom. The molecule has 0 spiro atoms. The quantitative estimate of drug-likeness (QED) is 0.458. The maximum absolute atomic E-state index is 12.4. The molecular weight excluding hydrogens is 292 g/mol. The summed E-state index contributed by atoms with van der Waals surface area (Å²) in [6.07, 6.45) is 2.85. The van der Waals surface area contributed by atoms with Crippen molar-refractivity contribution < 1.29 is 14.8 Å². The standard InChI is InChI=1S/C14H20N2O4S/c1-4-14(2,7-8-17)15-13(18)11-9-10(21-3)5-6-12(11)16(19)20/h5-6,9,17H,4,7-8H2,1-3H3,(H,15,18). The first kappa shape index (κ1) is 17.5. The summed E-state index contributed by atoms with van der Waals surface area (Å²) in [4.78, 5) is 23.7. The van der Waals surface area contributed by atoms with Gasteiger partial charge in [-0.05, 0) is 38.2 Å². The molecule has 0 aliphatic rings. The van der Waals surface area contributed by atoms with Crippen molar-refractivity contribution in [3.05, 3.63) is 33.9 Å². The molecule has 0 aromatic heterocycles. The predicted molar refractivity (Wildman–Crippen MR) is 82.7 cm³/mol. The first-order chi connectivity index (χ1) is 9.86. The zero-order chi connectivity index (χ0) is 16.0. The van der Waals surface area contributed by atoms with Gasteiger partial charge in [-0.1, -0.05) is 6.92 Å². The average Bonchev–Trinajstić information content (AvgIpc) is 2.46. The fraction of sp³-hybridized carbons (Fsp3) is 0.500. The van der Waals surface area contributed by atoms with Crippen LogP contribution in [0, 0.1) is 10.1 Å². The molecule has 1 atom stereocenters.